The maximum Gasteiger partial charge on any atom is 0.0701 e. The Balaban J connectivity index is 0.983. The molecule has 3 aliphatic rings. The van der Waals surface area contributed by atoms with Crippen LogP contribution < -0.4 is 0 Å². The second-order valence-corrected chi connectivity index (χ2v) is 14.0. The lowest BCUT2D eigenvalue weighted by molar-refractivity contribution is -0.0225. The number of nitrogens with zero attached hydrogens (tertiary/aromatic N) is 3. The van der Waals surface area contributed by atoms with Crippen LogP contribution >= 0.6 is 0 Å². The average Bonchev–Trinajstić information content (AvgIpc) is 3.43. The van der Waals surface area contributed by atoms with E-state index >= 15 is 0 Å². The Morgan fingerprint density at radius 2 is 1.10 bits per heavy atom. The molecule has 1 aromatic carbocycles. The van der Waals surface area contributed by atoms with E-state index in [9.17, 15) is 0 Å². The van der Waals surface area contributed by atoms with Crippen LogP contribution in [0.5, 0.6) is 0 Å². The zero-order chi connectivity index (χ0) is 34.5. The molecule has 1 aliphatic heterocycles. The van der Waals surface area contributed by atoms with Crippen molar-refractivity contribution >= 4 is 0 Å². The van der Waals surface area contributed by atoms with Gasteiger partial charge in [0, 0.05) is 37.8 Å². The quantitative estimate of drug-likeness (QED) is 0.120. The van der Waals surface area contributed by atoms with Crippen LogP contribution in [0.15, 0.2) is 30.3 Å². The predicted molar refractivity (Wildman–Crippen MR) is 191 cm³/mol. The molecule has 4 rings (SSSR count). The van der Waals surface area contributed by atoms with Gasteiger partial charge in [0.05, 0.1) is 106 Å². The highest BCUT2D eigenvalue weighted by Gasteiger charge is 2.51. The van der Waals surface area contributed by atoms with Crippen molar-refractivity contribution in [2.75, 3.05) is 147 Å². The van der Waals surface area contributed by atoms with Gasteiger partial charge in [-0.2, -0.15) is 0 Å². The van der Waals surface area contributed by atoms with E-state index in [2.05, 4.69) is 59.1 Å². The Morgan fingerprint density at radius 1 is 0.633 bits per heavy atom. The summed E-state index contributed by atoms with van der Waals surface area (Å²) >= 11 is 0. The summed E-state index contributed by atoms with van der Waals surface area (Å²) < 4.78 is 44.0. The third kappa shape index (κ3) is 13.7. The van der Waals surface area contributed by atoms with Crippen LogP contribution in [-0.2, 0) is 43.4 Å². The molecule has 1 saturated heterocycles. The molecule has 0 atom stereocenters. The topological polar surface area (TPSA) is 83.6 Å². The number of hydrogen-bond donors (Lipinski definition) is 0. The predicted octanol–water partition coefficient (Wildman–Crippen LogP) is 3.89. The third-order valence-electron chi connectivity index (χ3n) is 10.7. The Morgan fingerprint density at radius 3 is 1.53 bits per heavy atom. The van der Waals surface area contributed by atoms with Crippen LogP contribution in [0.3, 0.4) is 0 Å². The van der Waals surface area contributed by atoms with E-state index in [1.807, 2.05) is 0 Å². The second kappa shape index (κ2) is 23.4. The largest absolute Gasteiger partial charge is 0.382 e. The van der Waals surface area contributed by atoms with Gasteiger partial charge in [0.1, 0.15) is 0 Å². The van der Waals surface area contributed by atoms with Gasteiger partial charge in [0.2, 0.25) is 0 Å². The second-order valence-electron chi connectivity index (χ2n) is 14.0. The molecular weight excluding hydrogens is 626 g/mol. The lowest BCUT2D eigenvalue weighted by Crippen LogP contribution is -2.56. The molecule has 0 amide bonds. The van der Waals surface area contributed by atoms with Crippen molar-refractivity contribution in [3.8, 4) is 0 Å². The highest BCUT2D eigenvalue weighted by atomic mass is 16.6. The molecule has 11 heteroatoms. The van der Waals surface area contributed by atoms with Gasteiger partial charge in [0.15, 0.2) is 0 Å². The van der Waals surface area contributed by atoms with Crippen LogP contribution in [0.2, 0.25) is 0 Å². The van der Waals surface area contributed by atoms with E-state index in [1.54, 1.807) is 7.11 Å². The standard InChI is InChI=1S/C38H67N3O8/c1-39(2)38(36-10-5-4-6-11-36)14-12-37(13-15-38)33-40(34-41(37)32-35-8-7-9-35)16-17-43-20-21-45-24-25-47-28-29-49-31-30-48-27-26-46-23-22-44-19-18-42-3/h4-6,10-11,35H,7-9,12-34H2,1-3H3/t37-,38+. The van der Waals surface area contributed by atoms with Gasteiger partial charge in [0.25, 0.3) is 0 Å². The molecule has 282 valence electrons. The molecule has 11 nitrogen and oxygen atoms in total. The molecule has 0 radical (unpaired) electrons. The molecule has 0 N–H and O–H groups in total. The first-order valence-corrected chi connectivity index (χ1v) is 18.8. The average molecular weight is 694 g/mol. The summed E-state index contributed by atoms with van der Waals surface area (Å²) in [5.41, 5.74) is 1.90. The highest BCUT2D eigenvalue weighted by Crippen LogP contribution is 2.49. The fourth-order valence-corrected chi connectivity index (χ4v) is 7.45. The fraction of sp³-hybridized carbons (Fsp3) is 0.842. The molecular formula is C38H67N3O8. The van der Waals surface area contributed by atoms with Gasteiger partial charge in [-0.1, -0.05) is 36.8 Å². The lowest BCUT2D eigenvalue weighted by atomic mass is 9.68. The molecule has 1 heterocycles. The van der Waals surface area contributed by atoms with Crippen molar-refractivity contribution in [2.24, 2.45) is 5.92 Å². The number of rotatable bonds is 28. The van der Waals surface area contributed by atoms with Crippen molar-refractivity contribution < 1.29 is 37.9 Å². The van der Waals surface area contributed by atoms with Crippen LogP contribution in [0, 0.1) is 5.92 Å². The Hall–Kier alpha value is -1.22. The minimum absolute atomic E-state index is 0.136. The van der Waals surface area contributed by atoms with E-state index in [0.29, 0.717) is 98.0 Å². The van der Waals surface area contributed by atoms with Gasteiger partial charge in [-0.25, -0.2) is 0 Å². The zero-order valence-corrected chi connectivity index (χ0v) is 31.0. The van der Waals surface area contributed by atoms with Crippen molar-refractivity contribution in [1.82, 2.24) is 14.7 Å². The highest BCUT2D eigenvalue weighted by molar-refractivity contribution is 5.26. The molecule has 2 saturated carbocycles. The van der Waals surface area contributed by atoms with Crippen molar-refractivity contribution in [2.45, 2.75) is 56.0 Å². The number of ether oxygens (including phenoxy) is 8. The first-order chi connectivity index (χ1) is 24.1. The van der Waals surface area contributed by atoms with Gasteiger partial charge < -0.3 is 37.9 Å². The molecule has 1 spiro atoms. The first kappa shape index (κ1) is 40.5. The number of hydrogen-bond acceptors (Lipinski definition) is 11. The zero-order valence-electron chi connectivity index (χ0n) is 31.0. The van der Waals surface area contributed by atoms with E-state index in [1.165, 1.54) is 57.1 Å². The number of benzene rings is 1. The maximum atomic E-state index is 6.00. The molecule has 2 aliphatic carbocycles. The molecule has 3 fully saturated rings. The lowest BCUT2D eigenvalue weighted by Gasteiger charge is -2.52. The third-order valence-corrected chi connectivity index (χ3v) is 10.7. The Labute approximate surface area is 296 Å². The van der Waals surface area contributed by atoms with Crippen molar-refractivity contribution in [3.05, 3.63) is 35.9 Å². The number of methoxy groups -OCH3 is 1. The van der Waals surface area contributed by atoms with Gasteiger partial charge in [-0.05, 0) is 64.1 Å². The van der Waals surface area contributed by atoms with Crippen molar-refractivity contribution in [1.29, 1.82) is 0 Å². The summed E-state index contributed by atoms with van der Waals surface area (Å²) in [6, 6.07) is 11.2. The summed E-state index contributed by atoms with van der Waals surface area (Å²) in [6.07, 6.45) is 9.14. The normalized spacial score (nSPS) is 23.6. The van der Waals surface area contributed by atoms with Gasteiger partial charge in [-0.3, -0.25) is 14.7 Å². The Bertz CT molecular complexity index is 962. The summed E-state index contributed by atoms with van der Waals surface area (Å²) in [7, 11) is 6.20. The summed E-state index contributed by atoms with van der Waals surface area (Å²) in [6.45, 7) is 13.1. The molecule has 0 aromatic heterocycles. The van der Waals surface area contributed by atoms with Crippen LogP contribution in [-0.4, -0.2) is 167 Å². The first-order valence-electron chi connectivity index (χ1n) is 18.8. The van der Waals surface area contributed by atoms with Crippen LogP contribution in [0.4, 0.5) is 0 Å². The molecule has 49 heavy (non-hydrogen) atoms. The van der Waals surface area contributed by atoms with E-state index in [0.717, 1.165) is 32.3 Å². The van der Waals surface area contributed by atoms with Gasteiger partial charge in [-0.15, -0.1) is 0 Å². The van der Waals surface area contributed by atoms with Crippen LogP contribution in [0.1, 0.15) is 50.5 Å². The van der Waals surface area contributed by atoms with E-state index in [-0.39, 0.29) is 5.54 Å². The monoisotopic (exact) mass is 693 g/mol. The minimum atomic E-state index is 0.136. The summed E-state index contributed by atoms with van der Waals surface area (Å²) in [5, 5.41) is 0. The van der Waals surface area contributed by atoms with E-state index < -0.39 is 0 Å². The van der Waals surface area contributed by atoms with Crippen molar-refractivity contribution in [3.63, 3.8) is 0 Å². The summed E-state index contributed by atoms with van der Waals surface area (Å²) in [5.74, 6) is 0.885. The van der Waals surface area contributed by atoms with Gasteiger partial charge >= 0.3 is 0 Å². The SMILES string of the molecule is COCCOCCOCCOCCOCCOCCOCCOCCN1CN(CC2CCC2)[C@]2(CC[C@@](c3ccccc3)(N(C)C)CC2)C1. The van der Waals surface area contributed by atoms with E-state index in [4.69, 9.17) is 37.9 Å². The maximum absolute atomic E-state index is 6.00. The Kier molecular flexibility index (Phi) is 19.3. The molecule has 0 bridgehead atoms. The summed E-state index contributed by atoms with van der Waals surface area (Å²) in [4.78, 5) is 7.99. The smallest absolute Gasteiger partial charge is 0.0701 e. The van der Waals surface area contributed by atoms with Crippen LogP contribution in [0.25, 0.3) is 0 Å². The molecule has 0 unspecified atom stereocenters. The molecule has 1 aromatic rings. The fourth-order valence-electron chi connectivity index (χ4n) is 7.45. The minimum Gasteiger partial charge on any atom is -0.382 e.